The molecule has 1 aromatic carbocycles. The molecule has 1 aromatic heterocycles. The molecule has 0 atom stereocenters. The summed E-state index contributed by atoms with van der Waals surface area (Å²) in [7, 11) is -3.34. The van der Waals surface area contributed by atoms with Crippen LogP contribution in [-0.4, -0.2) is 62.0 Å². The molecule has 2 amide bonds. The second kappa shape index (κ2) is 9.30. The van der Waals surface area contributed by atoms with Crippen molar-refractivity contribution in [1.29, 1.82) is 0 Å². The van der Waals surface area contributed by atoms with E-state index in [9.17, 15) is 13.2 Å². The summed E-state index contributed by atoms with van der Waals surface area (Å²) in [5.41, 5.74) is 2.10. The number of amides is 2. The minimum Gasteiger partial charge on any atom is -0.378 e. The molecular formula is C26H33N5O4S. The van der Waals surface area contributed by atoms with Crippen LogP contribution in [0, 0.1) is 0 Å². The van der Waals surface area contributed by atoms with Gasteiger partial charge < -0.3 is 20.3 Å². The first-order chi connectivity index (χ1) is 17.4. The zero-order chi connectivity index (χ0) is 24.8. The highest BCUT2D eigenvalue weighted by Crippen LogP contribution is 2.51. The zero-order valence-electron chi connectivity index (χ0n) is 20.4. The van der Waals surface area contributed by atoms with Crippen LogP contribution >= 0.6 is 0 Å². The summed E-state index contributed by atoms with van der Waals surface area (Å²) in [6.45, 7) is 2.64. The van der Waals surface area contributed by atoms with Crippen molar-refractivity contribution in [3.63, 3.8) is 0 Å². The number of aromatic nitrogens is 2. The third-order valence-electron chi connectivity index (χ3n) is 7.75. The van der Waals surface area contributed by atoms with Crippen LogP contribution in [0.2, 0.25) is 0 Å². The summed E-state index contributed by atoms with van der Waals surface area (Å²) >= 11 is 0. The molecule has 1 saturated heterocycles. The van der Waals surface area contributed by atoms with Gasteiger partial charge >= 0.3 is 6.03 Å². The maximum Gasteiger partial charge on any atom is 0.319 e. The number of benzene rings is 1. The van der Waals surface area contributed by atoms with Gasteiger partial charge in [-0.05, 0) is 62.8 Å². The summed E-state index contributed by atoms with van der Waals surface area (Å²) in [4.78, 5) is 24.0. The number of morpholine rings is 1. The van der Waals surface area contributed by atoms with Gasteiger partial charge in [0, 0.05) is 36.4 Å². The third-order valence-corrected chi connectivity index (χ3v) is 10.8. The van der Waals surface area contributed by atoms with Crippen LogP contribution in [0.1, 0.15) is 57.1 Å². The summed E-state index contributed by atoms with van der Waals surface area (Å²) < 4.78 is 32.1. The Balaban J connectivity index is 1.36. The van der Waals surface area contributed by atoms with Gasteiger partial charge in [0.1, 0.15) is 10.6 Å². The first-order valence-corrected chi connectivity index (χ1v) is 14.6. The number of hydrogen-bond acceptors (Lipinski definition) is 7. The molecule has 2 heterocycles. The molecule has 10 heteroatoms. The fourth-order valence-corrected chi connectivity index (χ4v) is 8.01. The van der Waals surface area contributed by atoms with Crippen molar-refractivity contribution in [1.82, 2.24) is 15.3 Å². The molecule has 0 bridgehead atoms. The van der Waals surface area contributed by atoms with E-state index in [1.807, 2.05) is 30.3 Å². The molecule has 0 spiro atoms. The molecule has 3 aliphatic carbocycles. The number of rotatable bonds is 7. The summed E-state index contributed by atoms with van der Waals surface area (Å²) in [6, 6.07) is 9.42. The summed E-state index contributed by atoms with van der Waals surface area (Å²) in [5.74, 6) is 1.27. The number of carbonyl (C=O) groups excluding carboxylic acids is 1. The largest absolute Gasteiger partial charge is 0.378 e. The van der Waals surface area contributed by atoms with Crippen molar-refractivity contribution in [2.75, 3.05) is 36.5 Å². The number of ether oxygens (including phenoxy) is 1. The highest BCUT2D eigenvalue weighted by Gasteiger charge is 2.55. The molecule has 0 unspecified atom stereocenters. The highest BCUT2D eigenvalue weighted by molar-refractivity contribution is 7.93. The van der Waals surface area contributed by atoms with E-state index in [0.717, 1.165) is 49.9 Å². The lowest BCUT2D eigenvalue weighted by Gasteiger charge is -2.32. The van der Waals surface area contributed by atoms with E-state index in [1.54, 1.807) is 0 Å². The van der Waals surface area contributed by atoms with Gasteiger partial charge in [0.05, 0.1) is 24.2 Å². The molecule has 192 valence electrons. The lowest BCUT2D eigenvalue weighted by molar-refractivity contribution is 0.122. The number of nitrogens with zero attached hydrogens (tertiary/aromatic N) is 3. The van der Waals surface area contributed by atoms with E-state index in [2.05, 4.69) is 15.5 Å². The number of sulfone groups is 1. The molecule has 36 heavy (non-hydrogen) atoms. The van der Waals surface area contributed by atoms with Gasteiger partial charge in [-0.15, -0.1) is 0 Å². The Kier molecular flexibility index (Phi) is 6.11. The van der Waals surface area contributed by atoms with Gasteiger partial charge in [-0.1, -0.05) is 12.8 Å². The normalized spacial score (nSPS) is 21.8. The number of carbonyl (C=O) groups is 1. The van der Waals surface area contributed by atoms with Crippen molar-refractivity contribution in [3.8, 4) is 11.4 Å². The topological polar surface area (TPSA) is 114 Å². The fraction of sp³-hybridized carbons (Fsp3) is 0.577. The summed E-state index contributed by atoms with van der Waals surface area (Å²) in [6.07, 6.45) is 6.58. The number of anilines is 2. The summed E-state index contributed by atoms with van der Waals surface area (Å²) in [5, 5.41) is 5.54. The first kappa shape index (κ1) is 23.7. The molecule has 1 aliphatic heterocycles. The van der Waals surface area contributed by atoms with Gasteiger partial charge in [-0.25, -0.2) is 23.2 Å². The Morgan fingerprint density at radius 2 is 1.69 bits per heavy atom. The smallest absolute Gasteiger partial charge is 0.319 e. The van der Waals surface area contributed by atoms with E-state index in [0.29, 0.717) is 56.4 Å². The quantitative estimate of drug-likeness (QED) is 0.584. The van der Waals surface area contributed by atoms with Crippen LogP contribution in [0.3, 0.4) is 0 Å². The Labute approximate surface area is 212 Å². The number of nitrogens with one attached hydrogen (secondary N) is 2. The Morgan fingerprint density at radius 1 is 1.00 bits per heavy atom. The van der Waals surface area contributed by atoms with E-state index in [-0.39, 0.29) is 17.3 Å². The van der Waals surface area contributed by atoms with Crippen molar-refractivity contribution in [2.24, 2.45) is 0 Å². The molecule has 2 N–H and O–H groups in total. The zero-order valence-corrected chi connectivity index (χ0v) is 21.2. The molecule has 4 aliphatic rings. The van der Waals surface area contributed by atoms with Gasteiger partial charge in [-0.2, -0.15) is 0 Å². The third kappa shape index (κ3) is 4.56. The highest BCUT2D eigenvalue weighted by atomic mass is 32.2. The van der Waals surface area contributed by atoms with Crippen LogP contribution in [0.25, 0.3) is 11.4 Å². The molecular weight excluding hydrogens is 478 g/mol. The van der Waals surface area contributed by atoms with Gasteiger partial charge in [-0.3, -0.25) is 0 Å². The first-order valence-electron chi connectivity index (χ1n) is 13.1. The number of urea groups is 1. The molecule has 9 nitrogen and oxygen atoms in total. The van der Waals surface area contributed by atoms with Crippen LogP contribution in [0.15, 0.2) is 30.3 Å². The predicted octanol–water partition coefficient (Wildman–Crippen LogP) is 3.61. The maximum absolute atomic E-state index is 13.7. The lowest BCUT2D eigenvalue weighted by atomic mass is 10.0. The van der Waals surface area contributed by atoms with Crippen LogP contribution < -0.4 is 15.5 Å². The second-order valence-electron chi connectivity index (χ2n) is 10.4. The van der Waals surface area contributed by atoms with Crippen molar-refractivity contribution < 1.29 is 17.9 Å². The minimum atomic E-state index is -3.34. The Morgan fingerprint density at radius 3 is 2.33 bits per heavy atom. The second-order valence-corrected chi connectivity index (χ2v) is 13.0. The molecule has 4 fully saturated rings. The Bertz CT molecular complexity index is 1230. The maximum atomic E-state index is 13.7. The van der Waals surface area contributed by atoms with Crippen LogP contribution in [0.4, 0.5) is 16.3 Å². The van der Waals surface area contributed by atoms with Gasteiger partial charge in [0.2, 0.25) is 0 Å². The van der Waals surface area contributed by atoms with Crippen LogP contribution in [0.5, 0.6) is 0 Å². The predicted molar refractivity (Wildman–Crippen MR) is 138 cm³/mol. The molecule has 0 radical (unpaired) electrons. The fourth-order valence-electron chi connectivity index (χ4n) is 5.36. The van der Waals surface area contributed by atoms with E-state index >= 15 is 0 Å². The van der Waals surface area contributed by atoms with Crippen molar-refractivity contribution >= 4 is 27.4 Å². The van der Waals surface area contributed by atoms with Gasteiger partial charge in [0.25, 0.3) is 0 Å². The van der Waals surface area contributed by atoms with E-state index < -0.39 is 14.6 Å². The SMILES string of the molecule is O=C(Nc1ccc(-c2nc(N3CCOCC3)cc(C3(S(=O)(=O)C4CC4)CCCC3)n2)cc1)NC1CC1. The average Bonchev–Trinajstić information content (AvgIpc) is 3.84. The van der Waals surface area contributed by atoms with E-state index in [4.69, 9.17) is 14.7 Å². The monoisotopic (exact) mass is 511 g/mol. The van der Waals surface area contributed by atoms with Crippen molar-refractivity contribution in [3.05, 3.63) is 36.0 Å². The average molecular weight is 512 g/mol. The Hall–Kier alpha value is -2.72. The van der Waals surface area contributed by atoms with Gasteiger partial charge in [0.15, 0.2) is 15.7 Å². The van der Waals surface area contributed by atoms with Crippen LogP contribution in [-0.2, 0) is 19.3 Å². The number of hydrogen-bond donors (Lipinski definition) is 2. The molecule has 2 aromatic rings. The lowest BCUT2D eigenvalue weighted by Crippen LogP contribution is -2.39. The van der Waals surface area contributed by atoms with E-state index in [1.165, 1.54) is 0 Å². The minimum absolute atomic E-state index is 0.202. The standard InChI is InChI=1S/C26H33N5O4S/c32-25(28-20-7-8-20)27-19-5-3-18(4-6-19)24-29-22(17-23(30-24)31-13-15-35-16-14-31)26(11-1-2-12-26)36(33,34)21-9-10-21/h3-6,17,20-21H,1-2,7-16H2,(H2,27,28,32). The molecule has 3 saturated carbocycles. The molecule has 6 rings (SSSR count). The van der Waals surface area contributed by atoms with Crippen molar-refractivity contribution in [2.45, 2.75) is 67.4 Å².